The molecule has 0 unspecified atom stereocenters. The van der Waals surface area contributed by atoms with Gasteiger partial charge in [0.05, 0.1) is 29.1 Å². The lowest BCUT2D eigenvalue weighted by Crippen LogP contribution is -2.24. The van der Waals surface area contributed by atoms with E-state index in [0.717, 1.165) is 5.69 Å². The van der Waals surface area contributed by atoms with Crippen LogP contribution in [-0.2, 0) is 10.1 Å². The molecule has 22 heavy (non-hydrogen) atoms. The van der Waals surface area contributed by atoms with Crippen LogP contribution >= 0.6 is 0 Å². The van der Waals surface area contributed by atoms with Gasteiger partial charge in [0.15, 0.2) is 0 Å². The van der Waals surface area contributed by atoms with Crippen molar-refractivity contribution in [3.63, 3.8) is 0 Å². The molecule has 2 aromatic carbocycles. The molecule has 0 bridgehead atoms. The lowest BCUT2D eigenvalue weighted by molar-refractivity contribution is 0.417. The quantitative estimate of drug-likeness (QED) is 0.439. The predicted octanol–water partition coefficient (Wildman–Crippen LogP) is 1.99. The molecular formula is C14H17N3O4S. The van der Waals surface area contributed by atoms with Crippen molar-refractivity contribution in [2.24, 2.45) is 0 Å². The lowest BCUT2D eigenvalue weighted by atomic mass is 10.2. The highest BCUT2D eigenvalue weighted by atomic mass is 32.2. The van der Waals surface area contributed by atoms with Crippen molar-refractivity contribution >= 4 is 27.2 Å². The number of nitrogens with one attached hydrogen (secondary N) is 1. The number of ether oxygens (including phenoxy) is 1. The molecule has 0 heterocycles. The van der Waals surface area contributed by atoms with Gasteiger partial charge in [0.25, 0.3) is 10.1 Å². The molecule has 118 valence electrons. The van der Waals surface area contributed by atoms with Crippen molar-refractivity contribution in [3.8, 4) is 5.75 Å². The number of nitrogens with zero attached hydrogens (tertiary/aromatic N) is 1. The number of nitrogens with two attached hydrogens (primary N) is 1. The summed E-state index contributed by atoms with van der Waals surface area (Å²) in [7, 11) is -0.956. The van der Waals surface area contributed by atoms with Crippen LogP contribution in [0.5, 0.6) is 5.75 Å². The summed E-state index contributed by atoms with van der Waals surface area (Å²) < 4.78 is 36.5. The molecule has 0 amide bonds. The zero-order valence-corrected chi connectivity index (χ0v) is 13.0. The minimum absolute atomic E-state index is 0.180. The summed E-state index contributed by atoms with van der Waals surface area (Å²) in [5.41, 5.74) is 10.6. The second kappa shape index (κ2) is 6.12. The van der Waals surface area contributed by atoms with E-state index in [0.29, 0.717) is 17.1 Å². The first-order valence-electron chi connectivity index (χ1n) is 6.32. The van der Waals surface area contributed by atoms with Gasteiger partial charge in [0.2, 0.25) is 0 Å². The Labute approximate surface area is 129 Å². The van der Waals surface area contributed by atoms with E-state index in [2.05, 4.69) is 5.43 Å². The summed E-state index contributed by atoms with van der Waals surface area (Å²) in [5, 5.41) is 1.67. The maximum atomic E-state index is 11.1. The lowest BCUT2D eigenvalue weighted by Gasteiger charge is -2.22. The van der Waals surface area contributed by atoms with E-state index in [1.165, 1.54) is 25.3 Å². The predicted molar refractivity (Wildman–Crippen MR) is 85.7 cm³/mol. The summed E-state index contributed by atoms with van der Waals surface area (Å²) in [6, 6.07) is 11.1. The maximum Gasteiger partial charge on any atom is 0.294 e. The number of rotatable bonds is 5. The molecule has 4 N–H and O–H groups in total. The number of hydrazine groups is 1. The summed E-state index contributed by atoms with van der Waals surface area (Å²) in [6.45, 7) is 0. The number of hydrogen-bond donors (Lipinski definition) is 3. The first kappa shape index (κ1) is 15.9. The first-order valence-corrected chi connectivity index (χ1v) is 7.76. The Morgan fingerprint density at radius 2 is 1.95 bits per heavy atom. The molecular weight excluding hydrogens is 306 g/mol. The zero-order chi connectivity index (χ0) is 16.3. The van der Waals surface area contributed by atoms with Gasteiger partial charge in [0.1, 0.15) is 5.75 Å². The Kier molecular flexibility index (Phi) is 4.43. The molecule has 0 saturated carbocycles. The summed E-state index contributed by atoms with van der Waals surface area (Å²) in [6.07, 6.45) is 0. The van der Waals surface area contributed by atoms with E-state index >= 15 is 0 Å². The molecule has 0 saturated heterocycles. The van der Waals surface area contributed by atoms with Crippen molar-refractivity contribution in [1.29, 1.82) is 0 Å². The largest absolute Gasteiger partial charge is 0.495 e. The van der Waals surface area contributed by atoms with Gasteiger partial charge in [0, 0.05) is 13.1 Å². The van der Waals surface area contributed by atoms with Crippen LogP contribution in [0.4, 0.5) is 17.1 Å². The smallest absolute Gasteiger partial charge is 0.294 e. The molecule has 2 rings (SSSR count). The Balaban J connectivity index is 2.24. The van der Waals surface area contributed by atoms with Crippen molar-refractivity contribution in [3.05, 3.63) is 42.5 Å². The molecule has 0 aliphatic carbocycles. The van der Waals surface area contributed by atoms with E-state index in [4.69, 9.17) is 15.0 Å². The Hall–Kier alpha value is -2.45. The van der Waals surface area contributed by atoms with E-state index in [9.17, 15) is 8.42 Å². The molecule has 0 aliphatic rings. The Morgan fingerprint density at radius 3 is 2.59 bits per heavy atom. The number of anilines is 3. The van der Waals surface area contributed by atoms with Gasteiger partial charge in [-0.05, 0) is 30.3 Å². The van der Waals surface area contributed by atoms with Gasteiger partial charge >= 0.3 is 0 Å². The van der Waals surface area contributed by atoms with Crippen LogP contribution in [0.1, 0.15) is 0 Å². The van der Waals surface area contributed by atoms with Crippen LogP contribution in [-0.4, -0.2) is 27.1 Å². The Bertz CT molecular complexity index is 777. The molecule has 8 heteroatoms. The van der Waals surface area contributed by atoms with E-state index < -0.39 is 10.1 Å². The van der Waals surface area contributed by atoms with Crippen LogP contribution < -0.4 is 20.9 Å². The average molecular weight is 323 g/mol. The van der Waals surface area contributed by atoms with E-state index in [-0.39, 0.29) is 4.90 Å². The van der Waals surface area contributed by atoms with Crippen LogP contribution in [0.25, 0.3) is 0 Å². The van der Waals surface area contributed by atoms with Crippen molar-refractivity contribution < 1.29 is 17.7 Å². The molecule has 0 aromatic heterocycles. The highest BCUT2D eigenvalue weighted by Crippen LogP contribution is 2.27. The van der Waals surface area contributed by atoms with Gasteiger partial charge in [-0.2, -0.15) is 8.42 Å². The zero-order valence-electron chi connectivity index (χ0n) is 12.1. The fourth-order valence-electron chi connectivity index (χ4n) is 1.89. The third-order valence-electron chi connectivity index (χ3n) is 3.03. The number of methoxy groups -OCH3 is 1. The summed E-state index contributed by atoms with van der Waals surface area (Å²) in [4.78, 5) is -0.180. The highest BCUT2D eigenvalue weighted by Gasteiger charge is 2.11. The SMILES string of the molecule is COc1cc(N(C)Nc2cccc(S(=O)(=O)O)c2)ccc1N. The fraction of sp³-hybridized carbons (Fsp3) is 0.143. The molecule has 0 spiro atoms. The van der Waals surface area contributed by atoms with Gasteiger partial charge in [-0.1, -0.05) is 6.07 Å². The van der Waals surface area contributed by atoms with Crippen LogP contribution in [0.3, 0.4) is 0 Å². The van der Waals surface area contributed by atoms with Gasteiger partial charge in [-0.15, -0.1) is 0 Å². The van der Waals surface area contributed by atoms with Crippen LogP contribution in [0, 0.1) is 0 Å². The fourth-order valence-corrected chi connectivity index (χ4v) is 2.42. The third kappa shape index (κ3) is 3.60. The number of benzene rings is 2. The van der Waals surface area contributed by atoms with Gasteiger partial charge in [-0.25, -0.2) is 0 Å². The normalized spacial score (nSPS) is 11.0. The second-order valence-corrected chi connectivity index (χ2v) is 6.02. The molecule has 0 aliphatic heterocycles. The minimum Gasteiger partial charge on any atom is -0.495 e. The van der Waals surface area contributed by atoms with E-state index in [1.807, 2.05) is 0 Å². The van der Waals surface area contributed by atoms with Crippen molar-refractivity contribution in [1.82, 2.24) is 0 Å². The molecule has 0 atom stereocenters. The van der Waals surface area contributed by atoms with Crippen molar-refractivity contribution in [2.75, 3.05) is 30.3 Å². The van der Waals surface area contributed by atoms with Crippen molar-refractivity contribution in [2.45, 2.75) is 4.90 Å². The molecule has 0 fully saturated rings. The minimum atomic E-state index is -4.24. The second-order valence-electron chi connectivity index (χ2n) is 4.60. The molecule has 2 aromatic rings. The summed E-state index contributed by atoms with van der Waals surface area (Å²) in [5.74, 6) is 0.540. The van der Waals surface area contributed by atoms with Gasteiger partial charge < -0.3 is 10.5 Å². The van der Waals surface area contributed by atoms with Crippen LogP contribution in [0.15, 0.2) is 47.4 Å². The maximum absolute atomic E-state index is 11.1. The molecule has 0 radical (unpaired) electrons. The van der Waals surface area contributed by atoms with Crippen LogP contribution in [0.2, 0.25) is 0 Å². The molecule has 7 nitrogen and oxygen atoms in total. The average Bonchev–Trinajstić information content (AvgIpc) is 2.47. The number of nitrogen functional groups attached to an aromatic ring is 1. The Morgan fingerprint density at radius 1 is 1.23 bits per heavy atom. The van der Waals surface area contributed by atoms with Gasteiger partial charge in [-0.3, -0.25) is 15.0 Å². The first-order chi connectivity index (χ1) is 10.3. The number of hydrogen-bond acceptors (Lipinski definition) is 6. The third-order valence-corrected chi connectivity index (χ3v) is 3.88. The summed E-state index contributed by atoms with van der Waals surface area (Å²) >= 11 is 0. The standard InChI is InChI=1S/C14H17N3O4S/c1-17(11-6-7-13(15)14(9-11)21-2)16-10-4-3-5-12(8-10)22(18,19)20/h3-9,16H,15H2,1-2H3,(H,18,19,20). The highest BCUT2D eigenvalue weighted by molar-refractivity contribution is 7.85. The van der Waals surface area contributed by atoms with E-state index in [1.54, 1.807) is 36.3 Å². The topological polar surface area (TPSA) is 105 Å². The monoisotopic (exact) mass is 323 g/mol.